The zero-order valence-corrected chi connectivity index (χ0v) is 26.6. The van der Waals surface area contributed by atoms with E-state index in [9.17, 15) is 19.5 Å². The number of ether oxygens (including phenoxy) is 1. The van der Waals surface area contributed by atoms with Gasteiger partial charge in [0.1, 0.15) is 0 Å². The summed E-state index contributed by atoms with van der Waals surface area (Å²) in [6.45, 7) is 6.68. The van der Waals surface area contributed by atoms with Crippen LogP contribution in [0, 0.1) is 9.49 Å². The van der Waals surface area contributed by atoms with Crippen LogP contribution in [-0.4, -0.2) is 60.2 Å². The number of fused-ring (bicyclic) bond motifs is 2. The molecule has 0 aromatic heterocycles. The highest BCUT2D eigenvalue weighted by atomic mass is 127. The van der Waals surface area contributed by atoms with Gasteiger partial charge in [0, 0.05) is 31.6 Å². The van der Waals surface area contributed by atoms with E-state index in [1.165, 1.54) is 0 Å². The molecule has 1 spiro atoms. The molecule has 2 N–H and O–H groups in total. The average molecular weight is 713 g/mol. The molecular weight excluding hydrogens is 679 g/mol. The van der Waals surface area contributed by atoms with E-state index in [0.717, 1.165) is 37.7 Å². The van der Waals surface area contributed by atoms with Gasteiger partial charge in [0.15, 0.2) is 13.9 Å². The van der Waals surface area contributed by atoms with Crippen molar-refractivity contribution in [2.45, 2.75) is 69.1 Å². The van der Waals surface area contributed by atoms with Crippen LogP contribution >= 0.6 is 38.5 Å². The van der Waals surface area contributed by atoms with E-state index >= 15 is 0 Å². The van der Waals surface area contributed by atoms with Crippen LogP contribution in [0.25, 0.3) is 0 Å². The van der Waals surface area contributed by atoms with Crippen molar-refractivity contribution in [2.24, 2.45) is 5.92 Å². The smallest absolute Gasteiger partial charge is 0.264 e. The molecule has 3 aliphatic rings. The van der Waals surface area contributed by atoms with Crippen LogP contribution in [0.1, 0.15) is 37.3 Å². The van der Waals surface area contributed by atoms with Crippen molar-refractivity contribution in [1.29, 1.82) is 0 Å². The lowest BCUT2D eigenvalue weighted by atomic mass is 9.82. The highest BCUT2D eigenvalue weighted by molar-refractivity contribution is 14.1. The molecule has 0 radical (unpaired) electrons. The van der Waals surface area contributed by atoms with Gasteiger partial charge >= 0.3 is 0 Å². The van der Waals surface area contributed by atoms with Crippen LogP contribution in [0.3, 0.4) is 0 Å². The fraction of sp³-hybridized carbons (Fsp3) is 0.500. The number of benzene rings is 2. The Morgan fingerprint density at radius 2 is 2.03 bits per heavy atom. The second-order valence-electron chi connectivity index (χ2n) is 11.3. The summed E-state index contributed by atoms with van der Waals surface area (Å²) in [5.41, 5.74) is 0.987. The fourth-order valence-electron chi connectivity index (χ4n) is 6.87. The summed E-state index contributed by atoms with van der Waals surface area (Å²) < 4.78 is 8.73. The van der Waals surface area contributed by atoms with Crippen LogP contribution < -0.4 is 4.90 Å². The summed E-state index contributed by atoms with van der Waals surface area (Å²) >= 11 is 5.86. The first-order chi connectivity index (χ1) is 18.0. The molecule has 0 aliphatic carbocycles. The molecule has 3 aliphatic heterocycles. The van der Waals surface area contributed by atoms with Crippen molar-refractivity contribution in [3.8, 4) is 0 Å². The maximum absolute atomic E-state index is 14.4. The number of likely N-dealkylation sites (tertiary alicyclic amines) is 1. The topological polar surface area (TPSA) is 90.3 Å². The predicted octanol–water partition coefficient (Wildman–Crippen LogP) is 4.77. The molecule has 2 fully saturated rings. The van der Waals surface area contributed by atoms with Gasteiger partial charge in [-0.15, -0.1) is 0 Å². The number of carbonyl (C=O) groups is 2. The van der Waals surface area contributed by atoms with Crippen LogP contribution in [0.2, 0.25) is 18.6 Å². The number of aliphatic hydroxyl groups is 1. The number of halogens is 2. The third-order valence-corrected chi connectivity index (χ3v) is 12.1. The van der Waals surface area contributed by atoms with Gasteiger partial charge in [-0.3, -0.25) is 9.59 Å². The second kappa shape index (κ2) is 10.6. The lowest BCUT2D eigenvalue weighted by Crippen LogP contribution is -2.46. The minimum atomic E-state index is -2.87. The van der Waals surface area contributed by atoms with Gasteiger partial charge in [-0.1, -0.05) is 35.0 Å². The normalized spacial score (nSPS) is 29.0. The van der Waals surface area contributed by atoms with Crippen molar-refractivity contribution in [2.75, 3.05) is 18.1 Å². The summed E-state index contributed by atoms with van der Waals surface area (Å²) in [6.07, 6.45) is 1.13. The number of anilines is 1. The first-order valence-electron chi connectivity index (χ1n) is 13.1. The van der Waals surface area contributed by atoms with E-state index in [-0.39, 0.29) is 42.3 Å². The zero-order chi connectivity index (χ0) is 27.4. The molecule has 38 heavy (non-hydrogen) atoms. The minimum absolute atomic E-state index is 0.0610. The van der Waals surface area contributed by atoms with Crippen LogP contribution in [0.15, 0.2) is 46.9 Å². The van der Waals surface area contributed by atoms with E-state index in [1.54, 1.807) is 9.80 Å². The maximum Gasteiger partial charge on any atom is 0.264 e. The highest BCUT2D eigenvalue weighted by Crippen LogP contribution is 2.60. The zero-order valence-electron chi connectivity index (χ0n) is 21.9. The summed E-state index contributed by atoms with van der Waals surface area (Å²) in [5.74, 6) is -0.570. The number of amides is 2. The number of aliphatic hydroxyl groups excluding tert-OH is 1. The Labute approximate surface area is 246 Å². The molecule has 2 aromatic rings. The Balaban J connectivity index is 1.54. The average Bonchev–Trinajstić information content (AvgIpc) is 3.50. The molecule has 0 saturated carbocycles. The van der Waals surface area contributed by atoms with E-state index in [2.05, 4.69) is 44.6 Å². The predicted molar refractivity (Wildman–Crippen MR) is 160 cm³/mol. The Morgan fingerprint density at radius 1 is 1.26 bits per heavy atom. The molecule has 2 amide bonds. The molecule has 2 saturated heterocycles. The lowest BCUT2D eigenvalue weighted by Gasteiger charge is -2.32. The molecule has 7 nitrogen and oxygen atoms in total. The largest absolute Gasteiger partial charge is 0.432 e. The highest BCUT2D eigenvalue weighted by Gasteiger charge is 2.66. The summed E-state index contributed by atoms with van der Waals surface area (Å²) in [5, 5.41) is 9.76. The Bertz CT molecular complexity index is 1260. The fourth-order valence-corrected chi connectivity index (χ4v) is 10.4. The quantitative estimate of drug-likeness (QED) is 0.333. The van der Waals surface area contributed by atoms with Gasteiger partial charge in [0.05, 0.1) is 37.4 Å². The molecule has 0 unspecified atom stereocenters. The number of rotatable bonds is 6. The van der Waals surface area contributed by atoms with Gasteiger partial charge in [0.2, 0.25) is 5.91 Å². The van der Waals surface area contributed by atoms with E-state index < -0.39 is 20.0 Å². The molecular formula is C28H34BrIN2O5Si. The number of hydrogen-bond acceptors (Lipinski definition) is 5. The van der Waals surface area contributed by atoms with Crippen molar-refractivity contribution in [3.05, 3.63) is 61.6 Å². The van der Waals surface area contributed by atoms with Gasteiger partial charge in [-0.2, -0.15) is 0 Å². The Kier molecular flexibility index (Phi) is 7.86. The SMILES string of the molecule is C[C@H]1[C@H]([Si](C)(C)O)[C@@H](CC(=O)N2CCC[C@H]2CO)O[C@]12C(=O)N(Cc1cccc(I)c1)c1ccc(Br)cc12. The monoisotopic (exact) mass is 712 g/mol. The number of hydrogen-bond donors (Lipinski definition) is 2. The third-order valence-electron chi connectivity index (χ3n) is 8.46. The van der Waals surface area contributed by atoms with Crippen molar-refractivity contribution < 1.29 is 24.2 Å². The molecule has 2 aromatic carbocycles. The second-order valence-corrected chi connectivity index (χ2v) is 17.4. The van der Waals surface area contributed by atoms with Crippen molar-refractivity contribution in [1.82, 2.24) is 4.90 Å². The van der Waals surface area contributed by atoms with Gasteiger partial charge < -0.3 is 24.4 Å². The van der Waals surface area contributed by atoms with E-state index in [1.807, 2.05) is 56.4 Å². The maximum atomic E-state index is 14.4. The van der Waals surface area contributed by atoms with Crippen molar-refractivity contribution >= 4 is 64.3 Å². The number of carbonyl (C=O) groups excluding carboxylic acids is 2. The van der Waals surface area contributed by atoms with E-state index in [0.29, 0.717) is 13.1 Å². The third kappa shape index (κ3) is 4.79. The van der Waals surface area contributed by atoms with Crippen molar-refractivity contribution in [3.63, 3.8) is 0 Å². The van der Waals surface area contributed by atoms with Crippen LogP contribution in [-0.2, 0) is 26.5 Å². The van der Waals surface area contributed by atoms with Crippen LogP contribution in [0.4, 0.5) is 5.69 Å². The minimum Gasteiger partial charge on any atom is -0.432 e. The molecule has 5 rings (SSSR count). The first-order valence-corrected chi connectivity index (χ1v) is 18.0. The summed E-state index contributed by atoms with van der Waals surface area (Å²) in [7, 11) is -2.87. The molecule has 3 heterocycles. The summed E-state index contributed by atoms with van der Waals surface area (Å²) in [4.78, 5) is 42.9. The number of nitrogens with zero attached hydrogens (tertiary/aromatic N) is 2. The van der Waals surface area contributed by atoms with E-state index in [4.69, 9.17) is 4.74 Å². The Hall–Kier alpha value is -1.31. The van der Waals surface area contributed by atoms with Crippen LogP contribution in [0.5, 0.6) is 0 Å². The standard InChI is InChI=1S/C28H34BrIN2O5Si/c1-17-26(38(2,3)36)24(14-25(34)31-11-5-8-21(31)16-33)37-28(17)22-13-19(29)9-10-23(22)32(27(28)35)15-18-6-4-7-20(30)12-18/h4,6-7,9-10,12-13,17,21,24,26,33,36H,5,8,11,14-16H2,1-3H3/t17-,21-,24+,26-,28+/m0/s1. The van der Waals surface area contributed by atoms with Gasteiger partial charge in [-0.05, 0) is 84.4 Å². The molecule has 5 atom stereocenters. The van der Waals surface area contributed by atoms with Gasteiger partial charge in [-0.25, -0.2) is 0 Å². The first kappa shape index (κ1) is 28.2. The molecule has 204 valence electrons. The lowest BCUT2D eigenvalue weighted by molar-refractivity contribution is -0.150. The molecule has 0 bridgehead atoms. The molecule has 10 heteroatoms. The summed E-state index contributed by atoms with van der Waals surface area (Å²) in [6, 6.07) is 13.7. The van der Waals surface area contributed by atoms with Gasteiger partial charge in [0.25, 0.3) is 5.91 Å². The Morgan fingerprint density at radius 3 is 2.71 bits per heavy atom.